The van der Waals surface area contributed by atoms with Gasteiger partial charge in [-0.2, -0.15) is 29.1 Å². The Bertz CT molecular complexity index is 1200. The molecule has 2 aromatic heterocycles. The Morgan fingerprint density at radius 1 is 1.32 bits per heavy atom. The van der Waals surface area contributed by atoms with Gasteiger partial charge in [0.2, 0.25) is 5.95 Å². The normalized spacial score (nSPS) is 18.2. The fourth-order valence-electron chi connectivity index (χ4n) is 3.39. The van der Waals surface area contributed by atoms with Gasteiger partial charge in [-0.05, 0) is 42.2 Å². The summed E-state index contributed by atoms with van der Waals surface area (Å²) in [6.07, 6.45) is 2.69. The van der Waals surface area contributed by atoms with Gasteiger partial charge in [-0.25, -0.2) is 9.78 Å². The number of carboxylic acids is 1. The van der Waals surface area contributed by atoms with Crippen LogP contribution in [0.1, 0.15) is 17.4 Å². The SMILES string of the molecule is [CH2]CC(n1ccc2cnc(Nc3cccc(C(F)(F)F)c3)nc21)[SH]1C=CC=C1C(=O)O. The minimum Gasteiger partial charge on any atom is -0.477 e. The van der Waals surface area contributed by atoms with Crippen LogP contribution in [0.5, 0.6) is 0 Å². The average Bonchev–Trinajstić information content (AvgIpc) is 3.36. The molecule has 2 atom stereocenters. The Morgan fingerprint density at radius 2 is 2.13 bits per heavy atom. The second-order valence-corrected chi connectivity index (χ2v) is 8.96. The topological polar surface area (TPSA) is 80.0 Å². The lowest BCUT2D eigenvalue weighted by Gasteiger charge is -2.28. The van der Waals surface area contributed by atoms with E-state index in [9.17, 15) is 23.1 Å². The van der Waals surface area contributed by atoms with Crippen molar-refractivity contribution in [3.63, 3.8) is 0 Å². The molecule has 0 bridgehead atoms. The molecule has 31 heavy (non-hydrogen) atoms. The van der Waals surface area contributed by atoms with Crippen molar-refractivity contribution in [1.82, 2.24) is 14.5 Å². The third-order valence-corrected chi connectivity index (χ3v) is 7.34. The van der Waals surface area contributed by atoms with E-state index in [2.05, 4.69) is 22.2 Å². The van der Waals surface area contributed by atoms with Crippen LogP contribution >= 0.6 is 10.9 Å². The molecule has 0 spiro atoms. The molecule has 4 rings (SSSR count). The summed E-state index contributed by atoms with van der Waals surface area (Å²) in [7, 11) is -1.13. The van der Waals surface area contributed by atoms with Gasteiger partial charge in [0, 0.05) is 23.5 Å². The number of allylic oxidation sites excluding steroid dienone is 2. The Balaban J connectivity index is 1.68. The molecule has 1 aliphatic rings. The second-order valence-electron chi connectivity index (χ2n) is 6.77. The number of nitrogens with zero attached hydrogens (tertiary/aromatic N) is 3. The highest BCUT2D eigenvalue weighted by Gasteiger charge is 2.30. The lowest BCUT2D eigenvalue weighted by Crippen LogP contribution is -2.11. The fourth-order valence-corrected chi connectivity index (χ4v) is 5.55. The first-order valence-corrected chi connectivity index (χ1v) is 10.7. The summed E-state index contributed by atoms with van der Waals surface area (Å²) in [5.74, 6) is -0.828. The van der Waals surface area contributed by atoms with E-state index in [1.807, 2.05) is 16.0 Å². The van der Waals surface area contributed by atoms with Crippen molar-refractivity contribution in [1.29, 1.82) is 0 Å². The van der Waals surface area contributed by atoms with Crippen molar-refractivity contribution in [2.75, 3.05) is 5.32 Å². The summed E-state index contributed by atoms with van der Waals surface area (Å²) in [4.78, 5) is 20.6. The van der Waals surface area contributed by atoms with Crippen LogP contribution in [0, 0.1) is 6.92 Å². The summed E-state index contributed by atoms with van der Waals surface area (Å²) in [5.41, 5.74) is -0.0197. The van der Waals surface area contributed by atoms with Gasteiger partial charge < -0.3 is 15.0 Å². The number of halogens is 3. The maximum atomic E-state index is 13.0. The van der Waals surface area contributed by atoms with Gasteiger partial charge in [-0.3, -0.25) is 0 Å². The van der Waals surface area contributed by atoms with E-state index in [4.69, 9.17) is 0 Å². The highest BCUT2D eigenvalue weighted by Crippen LogP contribution is 2.52. The minimum atomic E-state index is -4.45. The van der Waals surface area contributed by atoms with Crippen molar-refractivity contribution in [2.45, 2.75) is 18.0 Å². The highest BCUT2D eigenvalue weighted by atomic mass is 32.2. The first-order valence-electron chi connectivity index (χ1n) is 9.25. The molecular weight excluding hydrogens is 429 g/mol. The molecule has 2 unspecified atom stereocenters. The van der Waals surface area contributed by atoms with Gasteiger partial charge in [-0.1, -0.05) is 19.1 Å². The Morgan fingerprint density at radius 3 is 2.84 bits per heavy atom. The van der Waals surface area contributed by atoms with Crippen molar-refractivity contribution >= 4 is 39.5 Å². The van der Waals surface area contributed by atoms with Crippen LogP contribution in [0.2, 0.25) is 0 Å². The van der Waals surface area contributed by atoms with Crippen LogP contribution in [-0.2, 0) is 11.0 Å². The van der Waals surface area contributed by atoms with Crippen molar-refractivity contribution < 1.29 is 23.1 Å². The van der Waals surface area contributed by atoms with Gasteiger partial charge in [0.05, 0.1) is 15.8 Å². The molecule has 1 radical (unpaired) electrons. The number of hydrogen-bond acceptors (Lipinski definition) is 4. The number of carboxylic acid groups (broad SMARTS) is 1. The number of rotatable bonds is 6. The number of aromatic nitrogens is 3. The molecule has 0 fully saturated rings. The maximum absolute atomic E-state index is 13.0. The van der Waals surface area contributed by atoms with Gasteiger partial charge in [0.25, 0.3) is 0 Å². The molecule has 1 aromatic carbocycles. The van der Waals surface area contributed by atoms with E-state index < -0.39 is 28.6 Å². The number of hydrogen-bond donors (Lipinski definition) is 3. The standard InChI is InChI=1S/C21H18F3N4O2S/c1-2-17(31-10-4-7-16(31)19(29)30)28-9-8-13-12-25-20(27-18(13)28)26-15-6-3-5-14(11-15)21(22,23)24/h3-12,17,31H,1-2H2,(H,29,30)(H,25,26,27). The molecule has 1 aliphatic heterocycles. The lowest BCUT2D eigenvalue weighted by atomic mass is 10.2. The number of benzene rings is 1. The molecule has 0 saturated carbocycles. The van der Waals surface area contributed by atoms with E-state index in [0.29, 0.717) is 17.0 Å². The third-order valence-electron chi connectivity index (χ3n) is 4.80. The molecule has 0 amide bonds. The molecule has 3 heterocycles. The van der Waals surface area contributed by atoms with Crippen LogP contribution in [0.25, 0.3) is 11.0 Å². The van der Waals surface area contributed by atoms with Crippen LogP contribution in [0.15, 0.2) is 65.2 Å². The molecule has 10 heteroatoms. The monoisotopic (exact) mass is 447 g/mol. The molecule has 6 nitrogen and oxygen atoms in total. The highest BCUT2D eigenvalue weighted by molar-refractivity contribution is 8.23. The van der Waals surface area contributed by atoms with E-state index in [0.717, 1.165) is 17.5 Å². The van der Waals surface area contributed by atoms with Crippen LogP contribution < -0.4 is 5.32 Å². The molecule has 0 aliphatic carbocycles. The quantitative estimate of drug-likeness (QED) is 0.440. The molecule has 0 saturated heterocycles. The van der Waals surface area contributed by atoms with Gasteiger partial charge in [-0.15, -0.1) is 0 Å². The van der Waals surface area contributed by atoms with Crippen LogP contribution in [0.3, 0.4) is 0 Å². The number of nitrogens with one attached hydrogen (secondary N) is 1. The largest absolute Gasteiger partial charge is 0.477 e. The van der Waals surface area contributed by atoms with Crippen molar-refractivity contribution in [3.8, 4) is 0 Å². The number of anilines is 2. The van der Waals surface area contributed by atoms with E-state index in [1.54, 1.807) is 24.5 Å². The summed E-state index contributed by atoms with van der Waals surface area (Å²) in [6.45, 7) is 3.99. The predicted molar refractivity (Wildman–Crippen MR) is 115 cm³/mol. The van der Waals surface area contributed by atoms with Crippen LogP contribution in [0.4, 0.5) is 24.8 Å². The summed E-state index contributed by atoms with van der Waals surface area (Å²) < 4.78 is 40.8. The van der Waals surface area contributed by atoms with E-state index in [1.165, 1.54) is 12.1 Å². The number of fused-ring (bicyclic) bond motifs is 1. The predicted octanol–water partition coefficient (Wildman–Crippen LogP) is 5.41. The maximum Gasteiger partial charge on any atom is 0.416 e. The van der Waals surface area contributed by atoms with E-state index in [-0.39, 0.29) is 17.0 Å². The fraction of sp³-hybridized carbons (Fsp3) is 0.143. The zero-order valence-electron chi connectivity index (χ0n) is 16.0. The summed E-state index contributed by atoms with van der Waals surface area (Å²) in [5, 5.41) is 14.7. The number of aliphatic carboxylic acids is 1. The lowest BCUT2D eigenvalue weighted by molar-refractivity contribution is -0.137. The van der Waals surface area contributed by atoms with Gasteiger partial charge in [0.15, 0.2) is 0 Å². The van der Waals surface area contributed by atoms with Gasteiger partial charge >= 0.3 is 12.1 Å². The first kappa shape index (κ1) is 21.0. The number of alkyl halides is 3. The Labute approximate surface area is 178 Å². The van der Waals surface area contributed by atoms with E-state index >= 15 is 0 Å². The Kier molecular flexibility index (Phi) is 5.48. The molecule has 2 N–H and O–H groups in total. The smallest absolute Gasteiger partial charge is 0.416 e. The molecule has 3 aromatic rings. The summed E-state index contributed by atoms with van der Waals surface area (Å²) >= 11 is 0. The third kappa shape index (κ3) is 4.15. The second kappa shape index (κ2) is 8.10. The minimum absolute atomic E-state index is 0.137. The average molecular weight is 447 g/mol. The van der Waals surface area contributed by atoms with Crippen molar-refractivity contribution in [3.05, 3.63) is 77.7 Å². The van der Waals surface area contributed by atoms with Gasteiger partial charge in [0.1, 0.15) is 5.65 Å². The van der Waals surface area contributed by atoms with Crippen LogP contribution in [-0.4, -0.2) is 25.6 Å². The molecule has 161 valence electrons. The Hall–Kier alpha value is -3.27. The molecular formula is C21H18F3N4O2S. The summed E-state index contributed by atoms with van der Waals surface area (Å²) in [6, 6.07) is 6.59. The zero-order chi connectivity index (χ0) is 22.2. The first-order chi connectivity index (χ1) is 14.8. The number of thiol groups is 1. The number of carbonyl (C=O) groups is 1. The van der Waals surface area contributed by atoms with Crippen molar-refractivity contribution in [2.24, 2.45) is 0 Å². The zero-order valence-corrected chi connectivity index (χ0v) is 16.9.